The zero-order chi connectivity index (χ0) is 25.7. The molecular weight excluding hydrogens is 479 g/mol. The molecule has 4 aromatic rings. The molecular formula is C31H36N2O3P+. The lowest BCUT2D eigenvalue weighted by atomic mass is 10.0. The van der Waals surface area contributed by atoms with Crippen LogP contribution in [0, 0.1) is 0 Å². The van der Waals surface area contributed by atoms with Crippen LogP contribution in [0.25, 0.3) is 28.2 Å². The van der Waals surface area contributed by atoms with Crippen LogP contribution in [0.5, 0.6) is 6.01 Å². The van der Waals surface area contributed by atoms with Gasteiger partial charge in [-0.3, -0.25) is 4.57 Å². The lowest BCUT2D eigenvalue weighted by Crippen LogP contribution is -2.05. The highest BCUT2D eigenvalue weighted by atomic mass is 31.1. The van der Waals surface area contributed by atoms with Gasteiger partial charge in [-0.05, 0) is 42.9 Å². The van der Waals surface area contributed by atoms with E-state index in [0.717, 1.165) is 66.7 Å². The first-order valence-electron chi connectivity index (χ1n) is 13.3. The maximum atomic E-state index is 11.6. The summed E-state index contributed by atoms with van der Waals surface area (Å²) in [4.78, 5) is 5.02. The van der Waals surface area contributed by atoms with Gasteiger partial charge in [-0.15, -0.1) is 4.52 Å². The molecule has 0 fully saturated rings. The van der Waals surface area contributed by atoms with Gasteiger partial charge < -0.3 is 4.74 Å². The first-order chi connectivity index (χ1) is 18.3. The Morgan fingerprint density at radius 2 is 1.30 bits per heavy atom. The van der Waals surface area contributed by atoms with Gasteiger partial charge in [0.2, 0.25) is 0 Å². The fraction of sp³-hybridized carbons (Fsp3) is 0.323. The second-order valence-corrected chi connectivity index (χ2v) is 10.3. The maximum absolute atomic E-state index is 11.6. The predicted octanol–water partition coefficient (Wildman–Crippen LogP) is 8.70. The van der Waals surface area contributed by atoms with Gasteiger partial charge >= 0.3 is 14.0 Å². The normalized spacial score (nSPS) is 11.4. The van der Waals surface area contributed by atoms with Crippen molar-refractivity contribution < 1.29 is 13.8 Å². The third-order valence-corrected chi connectivity index (χ3v) is 7.42. The van der Waals surface area contributed by atoms with Crippen LogP contribution in [0.2, 0.25) is 0 Å². The van der Waals surface area contributed by atoms with Crippen LogP contribution in [0.3, 0.4) is 0 Å². The molecule has 0 aliphatic carbocycles. The number of rotatable bonds is 15. The maximum Gasteiger partial charge on any atom is 0.508 e. The molecule has 6 heteroatoms. The van der Waals surface area contributed by atoms with E-state index in [2.05, 4.69) is 53.1 Å². The molecule has 1 heterocycles. The summed E-state index contributed by atoms with van der Waals surface area (Å²) >= 11 is 0. The third-order valence-electron chi connectivity index (χ3n) is 6.19. The molecule has 0 N–H and O–H groups in total. The summed E-state index contributed by atoms with van der Waals surface area (Å²) in [5.74, 6) is 0. The Labute approximate surface area is 221 Å². The van der Waals surface area contributed by atoms with Crippen molar-refractivity contribution in [2.24, 2.45) is 0 Å². The standard InChI is InChI=1S/C31H36N2O3P/c1-2-36-37(34)25-17-6-4-3-5-16-24-35-31-32-29(26-18-10-7-11-19-26)30(27-20-12-8-13-21-27)33(31)28-22-14-9-15-23-28/h7-15,18-23H,2-6,16-17,24-25H2,1H3/q+1. The summed E-state index contributed by atoms with van der Waals surface area (Å²) in [6.45, 7) is 3.02. The van der Waals surface area contributed by atoms with Crippen LogP contribution in [0.1, 0.15) is 45.4 Å². The molecule has 1 atom stereocenters. The molecule has 192 valence electrons. The van der Waals surface area contributed by atoms with Gasteiger partial charge in [0.05, 0.1) is 24.6 Å². The van der Waals surface area contributed by atoms with Crippen molar-refractivity contribution in [3.8, 4) is 34.2 Å². The third kappa shape index (κ3) is 7.61. The Hall–Kier alpha value is -3.27. The van der Waals surface area contributed by atoms with Gasteiger partial charge in [-0.1, -0.05) is 98.1 Å². The number of ether oxygens (including phenoxy) is 1. The Morgan fingerprint density at radius 1 is 0.730 bits per heavy atom. The van der Waals surface area contributed by atoms with Gasteiger partial charge in [0.1, 0.15) is 5.69 Å². The number of imidazole rings is 1. The Kier molecular flexibility index (Phi) is 10.5. The smallest absolute Gasteiger partial charge is 0.464 e. The van der Waals surface area contributed by atoms with E-state index in [-0.39, 0.29) is 0 Å². The van der Waals surface area contributed by atoms with Crippen molar-refractivity contribution in [2.75, 3.05) is 19.4 Å². The van der Waals surface area contributed by atoms with E-state index in [1.807, 2.05) is 49.4 Å². The minimum absolute atomic E-state index is 0.525. The molecule has 0 aliphatic rings. The molecule has 0 radical (unpaired) electrons. The number of hydrogen-bond acceptors (Lipinski definition) is 4. The monoisotopic (exact) mass is 515 g/mol. The van der Waals surface area contributed by atoms with E-state index in [9.17, 15) is 4.57 Å². The van der Waals surface area contributed by atoms with E-state index in [0.29, 0.717) is 25.4 Å². The highest BCUT2D eigenvalue weighted by Crippen LogP contribution is 2.37. The van der Waals surface area contributed by atoms with Crippen molar-refractivity contribution in [2.45, 2.75) is 45.4 Å². The minimum Gasteiger partial charge on any atom is -0.464 e. The summed E-state index contributed by atoms with van der Waals surface area (Å²) in [6.07, 6.45) is 7.08. The van der Waals surface area contributed by atoms with Crippen molar-refractivity contribution >= 4 is 8.03 Å². The van der Waals surface area contributed by atoms with Crippen LogP contribution >= 0.6 is 8.03 Å². The number of aromatic nitrogens is 2. The largest absolute Gasteiger partial charge is 0.508 e. The molecule has 0 saturated carbocycles. The van der Waals surface area contributed by atoms with E-state index in [1.54, 1.807) is 0 Å². The molecule has 0 bridgehead atoms. The van der Waals surface area contributed by atoms with Crippen molar-refractivity contribution in [1.82, 2.24) is 9.55 Å². The van der Waals surface area contributed by atoms with Gasteiger partial charge in [-0.2, -0.15) is 4.98 Å². The average molecular weight is 516 g/mol. The zero-order valence-corrected chi connectivity index (χ0v) is 22.5. The lowest BCUT2D eigenvalue weighted by Gasteiger charge is -2.13. The van der Waals surface area contributed by atoms with Gasteiger partial charge in [0.15, 0.2) is 6.16 Å². The van der Waals surface area contributed by atoms with E-state index in [1.165, 1.54) is 0 Å². The van der Waals surface area contributed by atoms with Crippen LogP contribution in [-0.2, 0) is 9.09 Å². The number of para-hydroxylation sites is 1. The quantitative estimate of drug-likeness (QED) is 0.117. The highest BCUT2D eigenvalue weighted by molar-refractivity contribution is 7.39. The zero-order valence-electron chi connectivity index (χ0n) is 21.6. The first kappa shape index (κ1) is 26.8. The van der Waals surface area contributed by atoms with Crippen molar-refractivity contribution in [1.29, 1.82) is 0 Å². The number of hydrogen-bond donors (Lipinski definition) is 0. The molecule has 1 aromatic heterocycles. The molecule has 37 heavy (non-hydrogen) atoms. The Bertz CT molecular complexity index is 1230. The van der Waals surface area contributed by atoms with E-state index < -0.39 is 8.03 Å². The molecule has 0 aliphatic heterocycles. The lowest BCUT2D eigenvalue weighted by molar-refractivity contribution is 0.278. The summed E-state index contributed by atoms with van der Waals surface area (Å²) < 4.78 is 25.2. The second kappa shape index (κ2) is 14.5. The number of unbranched alkanes of at least 4 members (excludes halogenated alkanes) is 5. The SMILES string of the molecule is CCO[P+](=O)CCCCCCCCOc1nc(-c2ccccc2)c(-c2ccccc2)n1-c1ccccc1. The molecule has 3 aromatic carbocycles. The van der Waals surface area contributed by atoms with Crippen LogP contribution in [0.4, 0.5) is 0 Å². The summed E-state index contributed by atoms with van der Waals surface area (Å²) in [5, 5.41) is 0. The first-order valence-corrected chi connectivity index (χ1v) is 14.6. The summed E-state index contributed by atoms with van der Waals surface area (Å²) in [5.41, 5.74) is 5.12. The topological polar surface area (TPSA) is 53.4 Å². The van der Waals surface area contributed by atoms with Crippen molar-refractivity contribution in [3.05, 3.63) is 91.0 Å². The van der Waals surface area contributed by atoms with E-state index in [4.69, 9.17) is 14.2 Å². The summed E-state index contributed by atoms with van der Waals surface area (Å²) in [7, 11) is -1.47. The van der Waals surface area contributed by atoms with Gasteiger partial charge in [-0.25, -0.2) is 0 Å². The molecule has 1 unspecified atom stereocenters. The predicted molar refractivity (Wildman–Crippen MR) is 152 cm³/mol. The van der Waals surface area contributed by atoms with Crippen molar-refractivity contribution in [3.63, 3.8) is 0 Å². The van der Waals surface area contributed by atoms with E-state index >= 15 is 0 Å². The average Bonchev–Trinajstić information content (AvgIpc) is 3.33. The second-order valence-electron chi connectivity index (χ2n) is 8.94. The number of benzene rings is 3. The number of nitrogens with zero attached hydrogens (tertiary/aromatic N) is 2. The fourth-order valence-corrected chi connectivity index (χ4v) is 5.29. The van der Waals surface area contributed by atoms with Crippen LogP contribution in [0.15, 0.2) is 91.0 Å². The molecule has 0 saturated heterocycles. The molecule has 5 nitrogen and oxygen atoms in total. The highest BCUT2D eigenvalue weighted by Gasteiger charge is 2.22. The van der Waals surface area contributed by atoms with Crippen LogP contribution in [-0.4, -0.2) is 28.9 Å². The van der Waals surface area contributed by atoms with Gasteiger partial charge in [0, 0.05) is 11.1 Å². The summed E-state index contributed by atoms with van der Waals surface area (Å²) in [6, 6.07) is 31.6. The molecule has 4 rings (SSSR count). The minimum atomic E-state index is -1.47. The fourth-order valence-electron chi connectivity index (χ4n) is 4.39. The van der Waals surface area contributed by atoms with Crippen LogP contribution < -0.4 is 4.74 Å². The molecule has 0 amide bonds. The Balaban J connectivity index is 1.46. The molecule has 0 spiro atoms. The van der Waals surface area contributed by atoms with Gasteiger partial charge in [0.25, 0.3) is 0 Å². The Morgan fingerprint density at radius 3 is 1.95 bits per heavy atom.